The van der Waals surface area contributed by atoms with Gasteiger partial charge < -0.3 is 9.26 Å². The number of ether oxygens (including phenoxy) is 1. The fourth-order valence-corrected chi connectivity index (χ4v) is 3.89. The van der Waals surface area contributed by atoms with E-state index in [9.17, 15) is 8.42 Å². The number of anilines is 1. The van der Waals surface area contributed by atoms with Crippen LogP contribution in [0.4, 0.5) is 5.69 Å². The Morgan fingerprint density at radius 3 is 2.37 bits per heavy atom. The second-order valence-electron chi connectivity index (χ2n) is 6.65. The summed E-state index contributed by atoms with van der Waals surface area (Å²) in [6.07, 6.45) is 0. The molecular formula is C22H19N3O4S. The first kappa shape index (κ1) is 19.7. The van der Waals surface area contributed by atoms with Crippen molar-refractivity contribution in [3.63, 3.8) is 0 Å². The summed E-state index contributed by atoms with van der Waals surface area (Å²) in [4.78, 5) is 4.62. The molecule has 152 valence electrons. The Hall–Kier alpha value is -3.65. The predicted molar refractivity (Wildman–Crippen MR) is 114 cm³/mol. The molecule has 0 bridgehead atoms. The lowest BCUT2D eigenvalue weighted by molar-refractivity contribution is 0.413. The molecule has 1 heterocycles. The van der Waals surface area contributed by atoms with Crippen LogP contribution in [0.5, 0.6) is 5.75 Å². The Kier molecular flexibility index (Phi) is 5.24. The van der Waals surface area contributed by atoms with Crippen molar-refractivity contribution in [2.24, 2.45) is 0 Å². The molecule has 0 spiro atoms. The second-order valence-corrected chi connectivity index (χ2v) is 8.33. The average molecular weight is 421 g/mol. The van der Waals surface area contributed by atoms with Crippen molar-refractivity contribution >= 4 is 15.7 Å². The lowest BCUT2D eigenvalue weighted by Crippen LogP contribution is -2.12. The summed E-state index contributed by atoms with van der Waals surface area (Å²) in [6.45, 7) is 1.90. The molecule has 0 unspecified atom stereocenters. The number of rotatable bonds is 6. The third-order valence-corrected chi connectivity index (χ3v) is 5.87. The van der Waals surface area contributed by atoms with Crippen LogP contribution in [0.25, 0.3) is 22.8 Å². The number of aromatic nitrogens is 2. The first-order chi connectivity index (χ1) is 14.4. The molecule has 1 aromatic heterocycles. The number of methoxy groups -OCH3 is 1. The van der Waals surface area contributed by atoms with Gasteiger partial charge in [-0.3, -0.25) is 4.72 Å². The largest absolute Gasteiger partial charge is 0.497 e. The van der Waals surface area contributed by atoms with E-state index in [1.807, 2.05) is 25.1 Å². The van der Waals surface area contributed by atoms with E-state index in [0.29, 0.717) is 28.7 Å². The summed E-state index contributed by atoms with van der Waals surface area (Å²) in [5.41, 5.74) is 2.88. The summed E-state index contributed by atoms with van der Waals surface area (Å²) in [6, 6.07) is 20.8. The molecule has 0 saturated heterocycles. The van der Waals surface area contributed by atoms with Gasteiger partial charge in [0, 0.05) is 16.8 Å². The predicted octanol–water partition coefficient (Wildman–Crippen LogP) is 4.52. The first-order valence-electron chi connectivity index (χ1n) is 9.13. The zero-order chi connectivity index (χ0) is 21.1. The summed E-state index contributed by atoms with van der Waals surface area (Å²) in [7, 11) is -2.07. The number of aryl methyl sites for hydroxylation is 1. The highest BCUT2D eigenvalue weighted by Crippen LogP contribution is 2.26. The molecule has 0 amide bonds. The van der Waals surface area contributed by atoms with Crippen LogP contribution in [0.15, 0.2) is 82.2 Å². The van der Waals surface area contributed by atoms with Crippen LogP contribution >= 0.6 is 0 Å². The van der Waals surface area contributed by atoms with Gasteiger partial charge in [0.25, 0.3) is 15.9 Å². The molecule has 0 aliphatic carbocycles. The minimum absolute atomic E-state index is 0.207. The third-order valence-electron chi connectivity index (χ3n) is 4.47. The second kappa shape index (κ2) is 8.00. The molecule has 0 atom stereocenters. The molecular weight excluding hydrogens is 402 g/mol. The minimum atomic E-state index is -3.66. The summed E-state index contributed by atoms with van der Waals surface area (Å²) < 4.78 is 38.2. The molecule has 0 saturated carbocycles. The van der Waals surface area contributed by atoms with E-state index in [2.05, 4.69) is 14.9 Å². The van der Waals surface area contributed by atoms with Crippen LogP contribution in [0.2, 0.25) is 0 Å². The maximum atomic E-state index is 12.5. The van der Waals surface area contributed by atoms with E-state index >= 15 is 0 Å². The highest BCUT2D eigenvalue weighted by Gasteiger charge is 2.15. The van der Waals surface area contributed by atoms with Crippen molar-refractivity contribution in [2.45, 2.75) is 11.8 Å². The van der Waals surface area contributed by atoms with E-state index in [0.717, 1.165) is 11.1 Å². The lowest BCUT2D eigenvalue weighted by atomic mass is 10.2. The number of hydrogen-bond acceptors (Lipinski definition) is 6. The molecule has 0 radical (unpaired) electrons. The Morgan fingerprint density at radius 2 is 1.67 bits per heavy atom. The van der Waals surface area contributed by atoms with Gasteiger partial charge in [0.1, 0.15) is 5.75 Å². The van der Waals surface area contributed by atoms with Gasteiger partial charge in [-0.15, -0.1) is 0 Å². The Morgan fingerprint density at radius 1 is 0.933 bits per heavy atom. The average Bonchev–Trinajstić information content (AvgIpc) is 3.25. The summed E-state index contributed by atoms with van der Waals surface area (Å²) >= 11 is 0. The van der Waals surface area contributed by atoms with Crippen LogP contribution in [-0.2, 0) is 10.0 Å². The molecule has 30 heavy (non-hydrogen) atoms. The fraction of sp³-hybridized carbons (Fsp3) is 0.0909. The van der Waals surface area contributed by atoms with Crippen molar-refractivity contribution in [1.82, 2.24) is 10.1 Å². The monoisotopic (exact) mass is 421 g/mol. The number of nitrogens with one attached hydrogen (secondary N) is 1. The van der Waals surface area contributed by atoms with Crippen LogP contribution in [0, 0.1) is 6.92 Å². The zero-order valence-corrected chi connectivity index (χ0v) is 17.2. The molecule has 8 heteroatoms. The van der Waals surface area contributed by atoms with Gasteiger partial charge in [-0.2, -0.15) is 4.98 Å². The van der Waals surface area contributed by atoms with Crippen LogP contribution in [0.1, 0.15) is 5.56 Å². The molecule has 4 aromatic rings. The molecule has 4 rings (SSSR count). The van der Waals surface area contributed by atoms with Crippen LogP contribution in [0.3, 0.4) is 0 Å². The Balaban J connectivity index is 1.53. The van der Waals surface area contributed by atoms with E-state index < -0.39 is 10.0 Å². The molecule has 0 fully saturated rings. The van der Waals surface area contributed by atoms with Crippen molar-refractivity contribution < 1.29 is 17.7 Å². The van der Waals surface area contributed by atoms with Gasteiger partial charge in [0.2, 0.25) is 5.82 Å². The smallest absolute Gasteiger partial charge is 0.261 e. The number of hydrogen-bond donors (Lipinski definition) is 1. The maximum absolute atomic E-state index is 12.5. The van der Waals surface area contributed by atoms with Gasteiger partial charge in [-0.1, -0.05) is 28.9 Å². The van der Waals surface area contributed by atoms with E-state index in [1.165, 1.54) is 0 Å². The summed E-state index contributed by atoms with van der Waals surface area (Å²) in [5.74, 6) is 1.46. The van der Waals surface area contributed by atoms with Crippen molar-refractivity contribution in [1.29, 1.82) is 0 Å². The van der Waals surface area contributed by atoms with Gasteiger partial charge in [0.15, 0.2) is 0 Å². The lowest BCUT2D eigenvalue weighted by Gasteiger charge is -2.08. The Bertz CT molecular complexity index is 1260. The summed E-state index contributed by atoms with van der Waals surface area (Å²) in [5, 5.41) is 4.01. The number of sulfonamides is 1. The zero-order valence-electron chi connectivity index (χ0n) is 16.4. The molecule has 0 aliphatic heterocycles. The molecule has 3 aromatic carbocycles. The van der Waals surface area contributed by atoms with Crippen molar-refractivity contribution in [3.05, 3.63) is 78.4 Å². The standard InChI is InChI=1S/C22H19N3O4S/c1-15-6-12-20(13-7-15)30(26,27)25-18-10-8-16(9-11-18)21-23-22(29-24-21)17-4-3-5-19(14-17)28-2/h3-14,25H,1-2H3. The van der Waals surface area contributed by atoms with E-state index in [4.69, 9.17) is 9.26 Å². The normalized spacial score (nSPS) is 11.3. The fourth-order valence-electron chi connectivity index (χ4n) is 2.83. The van der Waals surface area contributed by atoms with Crippen LogP contribution < -0.4 is 9.46 Å². The van der Waals surface area contributed by atoms with Crippen molar-refractivity contribution in [3.8, 4) is 28.6 Å². The quantitative estimate of drug-likeness (QED) is 0.492. The van der Waals surface area contributed by atoms with E-state index in [-0.39, 0.29) is 4.90 Å². The highest BCUT2D eigenvalue weighted by atomic mass is 32.2. The van der Waals surface area contributed by atoms with Gasteiger partial charge in [0.05, 0.1) is 12.0 Å². The molecule has 0 aliphatic rings. The number of nitrogens with zero attached hydrogens (tertiary/aromatic N) is 2. The Labute approximate surface area is 174 Å². The SMILES string of the molecule is COc1cccc(-c2nc(-c3ccc(NS(=O)(=O)c4ccc(C)cc4)cc3)no2)c1. The molecule has 1 N–H and O–H groups in total. The van der Waals surface area contributed by atoms with Crippen molar-refractivity contribution in [2.75, 3.05) is 11.8 Å². The topological polar surface area (TPSA) is 94.3 Å². The highest BCUT2D eigenvalue weighted by molar-refractivity contribution is 7.92. The molecule has 7 nitrogen and oxygen atoms in total. The third kappa shape index (κ3) is 4.18. The van der Waals surface area contributed by atoms with Gasteiger partial charge in [-0.25, -0.2) is 8.42 Å². The maximum Gasteiger partial charge on any atom is 0.261 e. The number of benzene rings is 3. The van der Waals surface area contributed by atoms with Gasteiger partial charge in [-0.05, 0) is 61.5 Å². The first-order valence-corrected chi connectivity index (χ1v) is 10.6. The minimum Gasteiger partial charge on any atom is -0.497 e. The van der Waals surface area contributed by atoms with Gasteiger partial charge >= 0.3 is 0 Å². The van der Waals surface area contributed by atoms with Crippen LogP contribution in [-0.4, -0.2) is 25.7 Å². The van der Waals surface area contributed by atoms with E-state index in [1.54, 1.807) is 61.7 Å².